The molecule has 5 heteroatoms. The molecule has 0 saturated carbocycles. The molecule has 0 bridgehead atoms. The first-order valence-electron chi connectivity index (χ1n) is 4.66. The zero-order valence-electron chi connectivity index (χ0n) is 8.64. The van der Waals surface area contributed by atoms with Gasteiger partial charge in [0.15, 0.2) is 11.6 Å². The molecule has 2 rings (SSSR count). The second kappa shape index (κ2) is 4.14. The van der Waals surface area contributed by atoms with Gasteiger partial charge in [-0.1, -0.05) is 6.07 Å². The first kappa shape index (κ1) is 10.4. The molecule has 0 aliphatic rings. The molecule has 0 aliphatic heterocycles. The van der Waals surface area contributed by atoms with E-state index in [1.54, 1.807) is 12.1 Å². The number of nitrogen functional groups attached to an aromatic ring is 1. The first-order chi connectivity index (χ1) is 7.65. The third-order valence-electron chi connectivity index (χ3n) is 1.96. The summed E-state index contributed by atoms with van der Waals surface area (Å²) < 4.78 is 18.6. The van der Waals surface area contributed by atoms with Gasteiger partial charge >= 0.3 is 0 Å². The van der Waals surface area contributed by atoms with Crippen LogP contribution in [0.3, 0.4) is 0 Å². The van der Waals surface area contributed by atoms with E-state index in [9.17, 15) is 4.39 Å². The Bertz CT molecular complexity index is 516. The summed E-state index contributed by atoms with van der Waals surface area (Å²) in [6.45, 7) is 1.85. The summed E-state index contributed by atoms with van der Waals surface area (Å²) in [6, 6.07) is 6.03. The minimum absolute atomic E-state index is 0.123. The molecular formula is C11H10FN3O. The molecule has 2 N–H and O–H groups in total. The van der Waals surface area contributed by atoms with Crippen molar-refractivity contribution < 1.29 is 9.13 Å². The molecule has 0 radical (unpaired) electrons. The van der Waals surface area contributed by atoms with Crippen molar-refractivity contribution >= 4 is 5.82 Å². The van der Waals surface area contributed by atoms with Gasteiger partial charge in [0.2, 0.25) is 5.88 Å². The number of aromatic nitrogens is 2. The van der Waals surface area contributed by atoms with Gasteiger partial charge in [0.25, 0.3) is 0 Å². The number of ether oxygens (including phenoxy) is 1. The molecule has 0 atom stereocenters. The lowest BCUT2D eigenvalue weighted by Gasteiger charge is -2.06. The van der Waals surface area contributed by atoms with Gasteiger partial charge in [0.1, 0.15) is 12.1 Å². The molecule has 0 saturated heterocycles. The fourth-order valence-corrected chi connectivity index (χ4v) is 1.21. The molecule has 2 aromatic rings. The van der Waals surface area contributed by atoms with E-state index in [4.69, 9.17) is 10.5 Å². The Kier molecular flexibility index (Phi) is 2.68. The van der Waals surface area contributed by atoms with E-state index in [2.05, 4.69) is 9.97 Å². The van der Waals surface area contributed by atoms with Crippen molar-refractivity contribution in [2.75, 3.05) is 5.73 Å². The number of nitrogens with two attached hydrogens (primary N) is 1. The minimum Gasteiger partial charge on any atom is -0.436 e. The van der Waals surface area contributed by atoms with Crippen molar-refractivity contribution in [3.63, 3.8) is 0 Å². The Morgan fingerprint density at radius 2 is 2.06 bits per heavy atom. The van der Waals surface area contributed by atoms with Crippen molar-refractivity contribution in [2.24, 2.45) is 0 Å². The van der Waals surface area contributed by atoms with E-state index in [0.717, 1.165) is 5.56 Å². The zero-order chi connectivity index (χ0) is 11.5. The average Bonchev–Trinajstić information content (AvgIpc) is 2.24. The number of hydrogen-bond acceptors (Lipinski definition) is 4. The second-order valence-electron chi connectivity index (χ2n) is 3.32. The maximum atomic E-state index is 13.4. The van der Waals surface area contributed by atoms with E-state index in [1.807, 2.05) is 6.92 Å². The number of hydrogen-bond donors (Lipinski definition) is 1. The highest BCUT2D eigenvalue weighted by Crippen LogP contribution is 2.24. The molecule has 0 aliphatic carbocycles. The topological polar surface area (TPSA) is 61.0 Å². The van der Waals surface area contributed by atoms with Gasteiger partial charge in [-0.05, 0) is 24.6 Å². The Balaban J connectivity index is 2.30. The van der Waals surface area contributed by atoms with Gasteiger partial charge < -0.3 is 10.5 Å². The third kappa shape index (κ3) is 2.25. The van der Waals surface area contributed by atoms with Crippen molar-refractivity contribution in [1.29, 1.82) is 0 Å². The first-order valence-corrected chi connectivity index (χ1v) is 4.66. The number of nitrogens with zero attached hydrogens (tertiary/aromatic N) is 2. The van der Waals surface area contributed by atoms with Crippen LogP contribution in [0.1, 0.15) is 5.56 Å². The molecule has 0 spiro atoms. The maximum Gasteiger partial charge on any atom is 0.224 e. The molecular weight excluding hydrogens is 209 g/mol. The van der Waals surface area contributed by atoms with E-state index >= 15 is 0 Å². The average molecular weight is 219 g/mol. The summed E-state index contributed by atoms with van der Waals surface area (Å²) in [4.78, 5) is 7.54. The standard InChI is InChI=1S/C11H10FN3O/c1-7-2-3-8(12)9(4-7)16-11-5-10(13)14-6-15-11/h2-6H,1H3,(H2,13,14,15). The summed E-state index contributed by atoms with van der Waals surface area (Å²) in [5.41, 5.74) is 6.36. The second-order valence-corrected chi connectivity index (χ2v) is 3.32. The molecule has 0 unspecified atom stereocenters. The SMILES string of the molecule is Cc1ccc(F)c(Oc2cc(N)ncn2)c1. The highest BCUT2D eigenvalue weighted by Gasteiger charge is 2.06. The molecule has 0 amide bonds. The van der Waals surface area contributed by atoms with E-state index in [-0.39, 0.29) is 17.4 Å². The van der Waals surface area contributed by atoms with Crippen LogP contribution in [0.4, 0.5) is 10.2 Å². The Morgan fingerprint density at radius 1 is 1.25 bits per heavy atom. The van der Waals surface area contributed by atoms with Crippen molar-refractivity contribution in [1.82, 2.24) is 9.97 Å². The van der Waals surface area contributed by atoms with Crippen LogP contribution < -0.4 is 10.5 Å². The Morgan fingerprint density at radius 3 is 2.81 bits per heavy atom. The van der Waals surface area contributed by atoms with E-state index in [0.29, 0.717) is 0 Å². The smallest absolute Gasteiger partial charge is 0.224 e. The number of rotatable bonds is 2. The van der Waals surface area contributed by atoms with Crippen LogP contribution >= 0.6 is 0 Å². The number of anilines is 1. The van der Waals surface area contributed by atoms with Crippen LogP contribution in [0.25, 0.3) is 0 Å². The normalized spacial score (nSPS) is 10.1. The highest BCUT2D eigenvalue weighted by molar-refractivity contribution is 5.36. The van der Waals surface area contributed by atoms with Crippen LogP contribution in [0.15, 0.2) is 30.6 Å². The lowest BCUT2D eigenvalue weighted by molar-refractivity contribution is 0.426. The van der Waals surface area contributed by atoms with Crippen molar-refractivity contribution in [3.05, 3.63) is 42.0 Å². The number of aryl methyl sites for hydroxylation is 1. The van der Waals surface area contributed by atoms with Gasteiger partial charge in [-0.25, -0.2) is 14.4 Å². The Hall–Kier alpha value is -2.17. The highest BCUT2D eigenvalue weighted by atomic mass is 19.1. The summed E-state index contributed by atoms with van der Waals surface area (Å²) >= 11 is 0. The molecule has 0 fully saturated rings. The van der Waals surface area contributed by atoms with Crippen LogP contribution in [-0.4, -0.2) is 9.97 Å². The summed E-state index contributed by atoms with van der Waals surface area (Å²) in [6.07, 6.45) is 1.26. The molecule has 1 aromatic heterocycles. The van der Waals surface area contributed by atoms with Crippen molar-refractivity contribution in [2.45, 2.75) is 6.92 Å². The fraction of sp³-hybridized carbons (Fsp3) is 0.0909. The van der Waals surface area contributed by atoms with Crippen LogP contribution in [0.2, 0.25) is 0 Å². The molecule has 4 nitrogen and oxygen atoms in total. The van der Waals surface area contributed by atoms with Gasteiger partial charge in [0, 0.05) is 6.07 Å². The number of benzene rings is 1. The molecule has 1 heterocycles. The van der Waals surface area contributed by atoms with Gasteiger partial charge in [0.05, 0.1) is 0 Å². The van der Waals surface area contributed by atoms with E-state index in [1.165, 1.54) is 18.5 Å². The van der Waals surface area contributed by atoms with Gasteiger partial charge in [-0.2, -0.15) is 0 Å². The molecule has 16 heavy (non-hydrogen) atoms. The van der Waals surface area contributed by atoms with Crippen LogP contribution in [0.5, 0.6) is 11.6 Å². The zero-order valence-corrected chi connectivity index (χ0v) is 8.64. The monoisotopic (exact) mass is 219 g/mol. The third-order valence-corrected chi connectivity index (χ3v) is 1.96. The number of halogens is 1. The predicted octanol–water partition coefficient (Wildman–Crippen LogP) is 2.30. The lowest BCUT2D eigenvalue weighted by atomic mass is 10.2. The fourth-order valence-electron chi connectivity index (χ4n) is 1.21. The minimum atomic E-state index is -0.442. The van der Waals surface area contributed by atoms with Crippen LogP contribution in [-0.2, 0) is 0 Å². The quantitative estimate of drug-likeness (QED) is 0.841. The summed E-state index contributed by atoms with van der Waals surface area (Å²) in [7, 11) is 0. The predicted molar refractivity (Wildman–Crippen MR) is 57.7 cm³/mol. The largest absolute Gasteiger partial charge is 0.436 e. The van der Waals surface area contributed by atoms with Gasteiger partial charge in [-0.15, -0.1) is 0 Å². The maximum absolute atomic E-state index is 13.4. The van der Waals surface area contributed by atoms with E-state index < -0.39 is 5.82 Å². The molecule has 82 valence electrons. The van der Waals surface area contributed by atoms with Gasteiger partial charge in [-0.3, -0.25) is 0 Å². The molecule has 1 aromatic carbocycles. The van der Waals surface area contributed by atoms with Crippen LogP contribution in [0, 0.1) is 12.7 Å². The van der Waals surface area contributed by atoms with Crippen molar-refractivity contribution in [3.8, 4) is 11.6 Å². The Labute approximate surface area is 91.9 Å². The summed E-state index contributed by atoms with van der Waals surface area (Å²) in [5, 5.41) is 0. The summed E-state index contributed by atoms with van der Waals surface area (Å²) in [5.74, 6) is 0.177. The lowest BCUT2D eigenvalue weighted by Crippen LogP contribution is -1.95.